The van der Waals surface area contributed by atoms with Crippen LogP contribution >= 0.6 is 0 Å². The number of carbonyl (C=O) groups excluding carboxylic acids is 1. The van der Waals surface area contributed by atoms with E-state index in [1.807, 2.05) is 12.2 Å². The Hall–Kier alpha value is -0.830. The van der Waals surface area contributed by atoms with Crippen LogP contribution in [-0.4, -0.2) is 24.2 Å². The van der Waals surface area contributed by atoms with Crippen molar-refractivity contribution in [2.75, 3.05) is 13.2 Å². The Labute approximate surface area is 137 Å². The van der Waals surface area contributed by atoms with Gasteiger partial charge in [0.25, 0.3) is 0 Å². The van der Waals surface area contributed by atoms with Crippen LogP contribution < -0.4 is 5.32 Å². The Morgan fingerprint density at radius 2 is 1.73 bits per heavy atom. The molecule has 22 heavy (non-hydrogen) atoms. The summed E-state index contributed by atoms with van der Waals surface area (Å²) in [6.45, 7) is 5.47. The maximum Gasteiger partial charge on any atom is 0.223 e. The minimum Gasteiger partial charge on any atom is -0.396 e. The third-order valence-corrected chi connectivity index (χ3v) is 4.03. The van der Waals surface area contributed by atoms with Crippen LogP contribution in [-0.2, 0) is 4.79 Å². The monoisotopic (exact) mass is 311 g/mol. The molecule has 0 aromatic carbocycles. The Balaban J connectivity index is 3.38. The first-order valence-electron chi connectivity index (χ1n) is 9.23. The summed E-state index contributed by atoms with van der Waals surface area (Å²) in [7, 11) is 0. The molecule has 2 N–H and O–H groups in total. The number of aliphatic hydroxyl groups is 1. The summed E-state index contributed by atoms with van der Waals surface area (Å²) in [6, 6.07) is 0. The zero-order valence-electron chi connectivity index (χ0n) is 14.8. The van der Waals surface area contributed by atoms with Gasteiger partial charge in [0.1, 0.15) is 0 Å². The first-order chi connectivity index (χ1) is 10.7. The summed E-state index contributed by atoms with van der Waals surface area (Å²) >= 11 is 0. The minimum atomic E-state index is 0.0808. The van der Waals surface area contributed by atoms with Crippen LogP contribution in [0.1, 0.15) is 84.5 Å². The molecule has 0 aromatic rings. The van der Waals surface area contributed by atoms with Gasteiger partial charge in [-0.15, -0.1) is 0 Å². The summed E-state index contributed by atoms with van der Waals surface area (Å²) in [5, 5.41) is 11.6. The van der Waals surface area contributed by atoms with Gasteiger partial charge in [-0.25, -0.2) is 0 Å². The predicted octanol–water partition coefficient (Wildman–Crippen LogP) is 4.60. The molecule has 3 nitrogen and oxygen atoms in total. The molecule has 0 spiro atoms. The molecule has 0 bridgehead atoms. The molecule has 0 aliphatic carbocycles. The zero-order valence-corrected chi connectivity index (χ0v) is 14.8. The lowest BCUT2D eigenvalue weighted by Gasteiger charge is -2.11. The molecule has 1 unspecified atom stereocenters. The van der Waals surface area contributed by atoms with Crippen LogP contribution in [0.3, 0.4) is 0 Å². The molecule has 0 heterocycles. The van der Waals surface area contributed by atoms with Gasteiger partial charge in [-0.3, -0.25) is 4.79 Å². The van der Waals surface area contributed by atoms with E-state index < -0.39 is 0 Å². The topological polar surface area (TPSA) is 49.3 Å². The Morgan fingerprint density at radius 3 is 2.41 bits per heavy atom. The highest BCUT2D eigenvalue weighted by Crippen LogP contribution is 2.14. The molecule has 0 rings (SSSR count). The van der Waals surface area contributed by atoms with Crippen molar-refractivity contribution in [1.82, 2.24) is 5.32 Å². The Kier molecular flexibility index (Phi) is 15.9. The highest BCUT2D eigenvalue weighted by molar-refractivity contribution is 5.77. The molecule has 0 aliphatic heterocycles. The lowest BCUT2D eigenvalue weighted by Crippen LogP contribution is -2.24. The average Bonchev–Trinajstić information content (AvgIpc) is 2.51. The Morgan fingerprint density at radius 1 is 1.05 bits per heavy atom. The predicted molar refractivity (Wildman–Crippen MR) is 94.9 cm³/mol. The largest absolute Gasteiger partial charge is 0.396 e. The van der Waals surface area contributed by atoms with Crippen molar-refractivity contribution in [2.45, 2.75) is 84.5 Å². The van der Waals surface area contributed by atoms with Gasteiger partial charge < -0.3 is 10.4 Å². The van der Waals surface area contributed by atoms with Gasteiger partial charge in [0.2, 0.25) is 5.91 Å². The molecule has 0 aliphatic rings. The van der Waals surface area contributed by atoms with Crippen LogP contribution in [0.2, 0.25) is 0 Å². The van der Waals surface area contributed by atoms with E-state index in [4.69, 9.17) is 5.11 Å². The van der Waals surface area contributed by atoms with Gasteiger partial charge >= 0.3 is 0 Å². The lowest BCUT2D eigenvalue weighted by molar-refractivity contribution is -0.120. The van der Waals surface area contributed by atoms with E-state index in [0.29, 0.717) is 18.8 Å². The standard InChI is InChI=1S/C19H37NO2/c1-3-4-5-6-7-8-10-13-18(2)15-16-20-19(22)14-11-9-12-17-21/h9,11,18,21H,3-8,10,12-17H2,1-2H3,(H,20,22)/b11-9+. The average molecular weight is 312 g/mol. The van der Waals surface area contributed by atoms with Crippen molar-refractivity contribution < 1.29 is 9.90 Å². The molecule has 0 saturated carbocycles. The van der Waals surface area contributed by atoms with E-state index in [-0.39, 0.29) is 12.5 Å². The Bertz CT molecular complexity index is 277. The molecular formula is C19H37NO2. The van der Waals surface area contributed by atoms with Crippen LogP contribution in [0.4, 0.5) is 0 Å². The van der Waals surface area contributed by atoms with Gasteiger partial charge in [-0.2, -0.15) is 0 Å². The van der Waals surface area contributed by atoms with Crippen molar-refractivity contribution >= 4 is 5.91 Å². The lowest BCUT2D eigenvalue weighted by atomic mass is 9.99. The fraction of sp³-hybridized carbons (Fsp3) is 0.842. The second-order valence-corrected chi connectivity index (χ2v) is 6.34. The van der Waals surface area contributed by atoms with Crippen LogP contribution in [0.25, 0.3) is 0 Å². The first-order valence-corrected chi connectivity index (χ1v) is 9.23. The smallest absolute Gasteiger partial charge is 0.223 e. The number of rotatable bonds is 15. The summed E-state index contributed by atoms with van der Waals surface area (Å²) in [6.07, 6.45) is 16.6. The van der Waals surface area contributed by atoms with E-state index in [0.717, 1.165) is 13.0 Å². The molecule has 1 amide bonds. The molecular weight excluding hydrogens is 274 g/mol. The quantitative estimate of drug-likeness (QED) is 0.343. The highest BCUT2D eigenvalue weighted by Gasteiger charge is 2.03. The molecule has 3 heteroatoms. The van der Waals surface area contributed by atoms with Gasteiger partial charge in [0.15, 0.2) is 0 Å². The van der Waals surface area contributed by atoms with Crippen LogP contribution in [0.5, 0.6) is 0 Å². The van der Waals surface area contributed by atoms with Gasteiger partial charge in [0.05, 0.1) is 0 Å². The maximum absolute atomic E-state index is 11.5. The number of nitrogens with one attached hydrogen (secondary N) is 1. The van der Waals surface area contributed by atoms with Crippen molar-refractivity contribution in [3.05, 3.63) is 12.2 Å². The van der Waals surface area contributed by atoms with Crippen molar-refractivity contribution in [3.63, 3.8) is 0 Å². The van der Waals surface area contributed by atoms with Crippen molar-refractivity contribution in [3.8, 4) is 0 Å². The first kappa shape index (κ1) is 21.2. The van der Waals surface area contributed by atoms with Crippen molar-refractivity contribution in [1.29, 1.82) is 0 Å². The van der Waals surface area contributed by atoms with Crippen LogP contribution in [0.15, 0.2) is 12.2 Å². The normalized spacial score (nSPS) is 12.7. The second kappa shape index (κ2) is 16.5. The van der Waals surface area contributed by atoms with Gasteiger partial charge in [0, 0.05) is 19.6 Å². The second-order valence-electron chi connectivity index (χ2n) is 6.34. The summed E-state index contributed by atoms with van der Waals surface area (Å²) in [4.78, 5) is 11.5. The van der Waals surface area contributed by atoms with Crippen molar-refractivity contribution in [2.24, 2.45) is 5.92 Å². The zero-order chi connectivity index (χ0) is 16.5. The summed E-state index contributed by atoms with van der Waals surface area (Å²) in [5.41, 5.74) is 0. The maximum atomic E-state index is 11.5. The molecule has 0 fully saturated rings. The number of hydrogen-bond donors (Lipinski definition) is 2. The number of aliphatic hydroxyl groups excluding tert-OH is 1. The number of amides is 1. The number of carbonyl (C=O) groups is 1. The van der Waals surface area contributed by atoms with Gasteiger partial charge in [-0.1, -0.05) is 77.4 Å². The summed E-state index contributed by atoms with van der Waals surface area (Å²) in [5.74, 6) is 0.776. The number of hydrogen-bond acceptors (Lipinski definition) is 2. The van der Waals surface area contributed by atoms with E-state index in [1.54, 1.807) is 0 Å². The molecule has 0 aromatic heterocycles. The third kappa shape index (κ3) is 15.6. The fourth-order valence-electron chi connectivity index (χ4n) is 2.51. The molecule has 1 atom stereocenters. The minimum absolute atomic E-state index is 0.0808. The van der Waals surface area contributed by atoms with E-state index in [9.17, 15) is 4.79 Å². The molecule has 130 valence electrons. The highest BCUT2D eigenvalue weighted by atomic mass is 16.2. The molecule has 0 radical (unpaired) electrons. The summed E-state index contributed by atoms with van der Waals surface area (Å²) < 4.78 is 0. The van der Waals surface area contributed by atoms with E-state index in [1.165, 1.54) is 51.4 Å². The van der Waals surface area contributed by atoms with Gasteiger partial charge in [-0.05, 0) is 18.8 Å². The molecule has 0 saturated heterocycles. The van der Waals surface area contributed by atoms with E-state index >= 15 is 0 Å². The fourth-order valence-corrected chi connectivity index (χ4v) is 2.51. The van der Waals surface area contributed by atoms with E-state index in [2.05, 4.69) is 19.2 Å². The third-order valence-electron chi connectivity index (χ3n) is 4.03. The number of unbranched alkanes of at least 4 members (excludes halogenated alkanes) is 6. The van der Waals surface area contributed by atoms with Crippen LogP contribution in [0, 0.1) is 5.92 Å². The SMILES string of the molecule is CCCCCCCCCC(C)CCNC(=O)C/C=C/CCO.